The molecule has 0 aliphatic rings. The molecule has 0 saturated carbocycles. The topological polar surface area (TPSA) is 78.0 Å². The molecule has 0 atom stereocenters. The van der Waals surface area contributed by atoms with E-state index >= 15 is 0 Å². The van der Waals surface area contributed by atoms with Crippen molar-refractivity contribution < 1.29 is 8.42 Å². The van der Waals surface area contributed by atoms with E-state index in [1.54, 1.807) is 12.1 Å². The van der Waals surface area contributed by atoms with Crippen LogP contribution >= 0.6 is 0 Å². The lowest BCUT2D eigenvalue weighted by atomic mass is 10.1. The van der Waals surface area contributed by atoms with Gasteiger partial charge in [0.15, 0.2) is 0 Å². The fraction of sp³-hybridized carbons (Fsp3) is 0.211. The molecule has 1 heterocycles. The van der Waals surface area contributed by atoms with Crippen LogP contribution in [0, 0.1) is 6.92 Å². The van der Waals surface area contributed by atoms with Crippen LogP contribution in [0.1, 0.15) is 5.56 Å². The molecular weight excluding hydrogens is 362 g/mol. The Morgan fingerprint density at radius 1 is 0.962 bits per heavy atom. The number of rotatable bonds is 4. The number of benzene rings is 2. The van der Waals surface area contributed by atoms with Gasteiger partial charge in [-0.25, -0.2) is 18.2 Å². The van der Waals surface area contributed by atoms with Crippen LogP contribution < -0.4 is 10.5 Å². The number of hydrogen-bond donors (Lipinski definition) is 1. The normalized spacial score (nSPS) is 12.3. The molecule has 0 bridgehead atoms. The largest absolute Gasteiger partial charge is 0.238 e. The first-order valence-corrected chi connectivity index (χ1v) is 13.4. The van der Waals surface area contributed by atoms with Crippen molar-refractivity contribution in [2.24, 2.45) is 5.14 Å². The lowest BCUT2D eigenvalue weighted by Crippen LogP contribution is -2.39. The molecule has 3 rings (SSSR count). The maximum atomic E-state index is 11.5. The van der Waals surface area contributed by atoms with Crippen LogP contribution in [0.2, 0.25) is 19.6 Å². The first kappa shape index (κ1) is 18.6. The van der Waals surface area contributed by atoms with Crippen molar-refractivity contribution in [2.75, 3.05) is 0 Å². The summed E-state index contributed by atoms with van der Waals surface area (Å²) in [6.07, 6.45) is 0. The Morgan fingerprint density at radius 2 is 1.54 bits per heavy atom. The fourth-order valence-electron chi connectivity index (χ4n) is 2.65. The summed E-state index contributed by atoms with van der Waals surface area (Å²) < 4.78 is 24.9. The molecule has 0 amide bonds. The smallest absolute Gasteiger partial charge is 0.233 e. The van der Waals surface area contributed by atoms with E-state index in [-0.39, 0.29) is 4.90 Å². The van der Waals surface area contributed by atoms with Crippen molar-refractivity contribution in [3.8, 4) is 16.9 Å². The molecule has 5 nitrogen and oxygen atoms in total. The number of aromatic nitrogens is 2. The predicted octanol–water partition coefficient (Wildman–Crippen LogP) is 3.04. The second-order valence-corrected chi connectivity index (χ2v) is 14.1. The number of hydrogen-bond acceptors (Lipinski definition) is 3. The molecule has 7 heteroatoms. The third kappa shape index (κ3) is 3.79. The monoisotopic (exact) mass is 385 g/mol. The van der Waals surface area contributed by atoms with Crippen molar-refractivity contribution in [2.45, 2.75) is 31.5 Å². The Balaban J connectivity index is 2.16. The number of sulfonamides is 1. The Kier molecular flexibility index (Phi) is 4.64. The second-order valence-electron chi connectivity index (χ2n) is 7.48. The van der Waals surface area contributed by atoms with Gasteiger partial charge < -0.3 is 0 Å². The molecule has 2 N–H and O–H groups in total. The molecule has 0 aliphatic carbocycles. The summed E-state index contributed by atoms with van der Waals surface area (Å²) in [5.41, 5.74) is 4.06. The molecule has 0 saturated heterocycles. The van der Waals surface area contributed by atoms with E-state index in [1.807, 2.05) is 4.68 Å². The van der Waals surface area contributed by atoms with Crippen molar-refractivity contribution in [1.29, 1.82) is 0 Å². The highest BCUT2D eigenvalue weighted by Crippen LogP contribution is 2.24. The van der Waals surface area contributed by atoms with E-state index in [2.05, 4.69) is 56.9 Å². The van der Waals surface area contributed by atoms with E-state index in [4.69, 9.17) is 10.2 Å². The highest BCUT2D eigenvalue weighted by molar-refractivity contribution is 7.89. The number of primary sulfonamides is 1. The van der Waals surface area contributed by atoms with Gasteiger partial charge in [-0.15, -0.1) is 0 Å². The van der Waals surface area contributed by atoms with Crippen LogP contribution in [0.5, 0.6) is 0 Å². The zero-order valence-electron chi connectivity index (χ0n) is 15.4. The summed E-state index contributed by atoms with van der Waals surface area (Å²) in [4.78, 5) is 0.0933. The minimum Gasteiger partial charge on any atom is -0.233 e. The van der Waals surface area contributed by atoms with Gasteiger partial charge in [0, 0.05) is 10.9 Å². The van der Waals surface area contributed by atoms with Crippen LogP contribution in [0.15, 0.2) is 59.5 Å². The summed E-state index contributed by atoms with van der Waals surface area (Å²) in [7, 11) is -5.32. The predicted molar refractivity (Wildman–Crippen MR) is 108 cm³/mol. The van der Waals surface area contributed by atoms with Crippen LogP contribution in [0.3, 0.4) is 0 Å². The first-order chi connectivity index (χ1) is 12.1. The fourth-order valence-corrected chi connectivity index (χ4v) is 4.14. The summed E-state index contributed by atoms with van der Waals surface area (Å²) in [6.45, 7) is 8.81. The lowest BCUT2D eigenvalue weighted by molar-refractivity contribution is 0.598. The summed E-state index contributed by atoms with van der Waals surface area (Å²) in [6, 6.07) is 16.9. The Bertz CT molecular complexity index is 1030. The van der Waals surface area contributed by atoms with Crippen LogP contribution in [0.4, 0.5) is 0 Å². The Hall–Kier alpha value is -2.22. The van der Waals surface area contributed by atoms with E-state index < -0.39 is 18.1 Å². The Labute approximate surface area is 155 Å². The molecule has 0 spiro atoms. The third-order valence-electron chi connectivity index (χ3n) is 4.23. The molecule has 3 aromatic rings. The SMILES string of the molecule is Cc1ccc(-c2cc([Si](C)(C)C)nn2-c2ccc(S(N)(=O)=O)cc2)cc1. The summed E-state index contributed by atoms with van der Waals surface area (Å²) >= 11 is 0. The van der Waals surface area contributed by atoms with Crippen molar-refractivity contribution >= 4 is 23.4 Å². The van der Waals surface area contributed by atoms with Gasteiger partial charge in [-0.2, -0.15) is 5.10 Å². The van der Waals surface area contributed by atoms with Crippen molar-refractivity contribution in [3.63, 3.8) is 0 Å². The minimum absolute atomic E-state index is 0.0933. The van der Waals surface area contributed by atoms with Gasteiger partial charge in [-0.1, -0.05) is 49.5 Å². The minimum atomic E-state index is -3.71. The van der Waals surface area contributed by atoms with Gasteiger partial charge in [0.2, 0.25) is 10.0 Å². The highest BCUT2D eigenvalue weighted by Gasteiger charge is 2.23. The summed E-state index contributed by atoms with van der Waals surface area (Å²) in [5, 5.41) is 11.1. The average molecular weight is 386 g/mol. The number of nitrogens with zero attached hydrogens (tertiary/aromatic N) is 2. The van der Waals surface area contributed by atoms with Crippen LogP contribution in [-0.2, 0) is 10.0 Å². The third-order valence-corrected chi connectivity index (χ3v) is 6.95. The molecule has 0 radical (unpaired) electrons. The quantitative estimate of drug-likeness (QED) is 0.701. The molecule has 0 aliphatic heterocycles. The lowest BCUT2D eigenvalue weighted by Gasteiger charge is -2.11. The van der Waals surface area contributed by atoms with Crippen molar-refractivity contribution in [1.82, 2.24) is 9.78 Å². The van der Waals surface area contributed by atoms with E-state index in [0.29, 0.717) is 0 Å². The molecule has 2 aromatic carbocycles. The highest BCUT2D eigenvalue weighted by atomic mass is 32.2. The maximum absolute atomic E-state index is 11.5. The molecule has 0 unspecified atom stereocenters. The van der Waals surface area contributed by atoms with E-state index in [9.17, 15) is 8.42 Å². The molecule has 136 valence electrons. The van der Waals surface area contributed by atoms with Crippen LogP contribution in [0.25, 0.3) is 16.9 Å². The van der Waals surface area contributed by atoms with Crippen LogP contribution in [-0.4, -0.2) is 26.3 Å². The Morgan fingerprint density at radius 3 is 2.04 bits per heavy atom. The second kappa shape index (κ2) is 6.50. The molecule has 26 heavy (non-hydrogen) atoms. The van der Waals surface area contributed by atoms with Gasteiger partial charge in [-0.05, 0) is 37.3 Å². The van der Waals surface area contributed by atoms with E-state index in [0.717, 1.165) is 22.3 Å². The van der Waals surface area contributed by atoms with Gasteiger partial charge in [0.1, 0.15) is 8.07 Å². The van der Waals surface area contributed by atoms with E-state index in [1.165, 1.54) is 17.7 Å². The summed E-state index contributed by atoms with van der Waals surface area (Å²) in [5.74, 6) is 0. The average Bonchev–Trinajstić information content (AvgIpc) is 3.00. The van der Waals surface area contributed by atoms with Gasteiger partial charge in [0.05, 0.1) is 16.3 Å². The van der Waals surface area contributed by atoms with Crippen molar-refractivity contribution in [3.05, 3.63) is 60.2 Å². The number of nitrogens with two attached hydrogens (primary N) is 1. The number of aryl methyl sites for hydroxylation is 1. The standard InChI is InChI=1S/C19H23N3O2SSi/c1-14-5-7-15(8-6-14)18-13-19(26(2,3)4)21-22(18)16-9-11-17(12-10-16)25(20,23)24/h5-13H,1-4H3,(H2,20,23,24). The maximum Gasteiger partial charge on any atom is 0.238 e. The zero-order chi connectivity index (χ0) is 19.1. The van der Waals surface area contributed by atoms with Gasteiger partial charge in [0.25, 0.3) is 0 Å². The molecule has 0 fully saturated rings. The van der Waals surface area contributed by atoms with Gasteiger partial charge >= 0.3 is 0 Å². The molecular formula is C19H23N3O2SSi. The first-order valence-electron chi connectivity index (χ1n) is 8.36. The molecule has 1 aromatic heterocycles. The zero-order valence-corrected chi connectivity index (χ0v) is 17.2. The van der Waals surface area contributed by atoms with Gasteiger partial charge in [-0.3, -0.25) is 0 Å².